The van der Waals surface area contributed by atoms with Crippen molar-refractivity contribution < 1.29 is 244 Å². The summed E-state index contributed by atoms with van der Waals surface area (Å²) in [6.07, 6.45) is 0. The Balaban J connectivity index is -0.00000112. The maximum absolute atomic E-state index is 10.9. The summed E-state index contributed by atoms with van der Waals surface area (Å²) in [7, 11) is -13.4. The molecule has 0 N–H and O–H groups in total. The van der Waals surface area contributed by atoms with Crippen LogP contribution in [0.5, 0.6) is 0 Å². The molecule has 0 saturated heterocycles. The average molecular weight is 641 g/mol. The monoisotopic (exact) mass is 640 g/mol. The minimum absolute atomic E-state index is 0. The Hall–Kier alpha value is 5.42. The van der Waals surface area contributed by atoms with Gasteiger partial charge in [-0.25, -0.2) is 25.3 Å². The topological polar surface area (TPSA) is 178 Å². The van der Waals surface area contributed by atoms with Crippen LogP contribution in [0.15, 0.2) is 24.3 Å². The first-order valence-electron chi connectivity index (χ1n) is 8.79. The first-order valence-corrected chi connectivity index (χ1v) is 13.5. The standard InChI is InChI=1S/C16H27N2O9S3.4K/c1-2-17(6-9-28(19,20)21)13-15-4-3-5-16(12-15)14-18(7-10-29(22,23)24)8-11-30(25,26)27;;;;/h3-5,12H,1-2,6-11,13-14H2,(H,19,20,21)(H,22,23,24)(H,25,26,27);;;;/q-1;4*+1/p-3. The zero-order valence-electron chi connectivity index (χ0n) is 20.2. The molecule has 0 aliphatic rings. The van der Waals surface area contributed by atoms with Crippen LogP contribution >= 0.6 is 0 Å². The van der Waals surface area contributed by atoms with Crippen molar-refractivity contribution in [2.24, 2.45) is 0 Å². The molecule has 0 saturated carbocycles. The summed E-state index contributed by atoms with van der Waals surface area (Å²) in [5, 5.41) is 0. The van der Waals surface area contributed by atoms with E-state index in [0.717, 1.165) is 5.56 Å². The van der Waals surface area contributed by atoms with Gasteiger partial charge in [-0.3, -0.25) is 4.90 Å². The van der Waals surface area contributed by atoms with Crippen molar-refractivity contribution >= 4 is 30.4 Å². The molecule has 0 bridgehead atoms. The fourth-order valence-electron chi connectivity index (χ4n) is 2.61. The Morgan fingerprint density at radius 3 is 1.29 bits per heavy atom. The van der Waals surface area contributed by atoms with Gasteiger partial charge in [0, 0.05) is 32.7 Å². The SMILES string of the molecule is [CH2-]CN(CCS(=O)(=O)[O-])Cc1cccc(CN(CCS(=O)(=O)[O-])CCS(=O)(=O)[O-])c1.[K+].[K+].[K+].[K+]. The second-order valence-electron chi connectivity index (χ2n) is 6.66. The van der Waals surface area contributed by atoms with Crippen molar-refractivity contribution in [3.63, 3.8) is 0 Å². The van der Waals surface area contributed by atoms with Crippen LogP contribution in [0.25, 0.3) is 0 Å². The summed E-state index contributed by atoms with van der Waals surface area (Å²) in [6, 6.07) is 6.89. The van der Waals surface area contributed by atoms with E-state index in [-0.39, 0.29) is 238 Å². The number of hydrogen-bond donors (Lipinski definition) is 0. The third-order valence-corrected chi connectivity index (χ3v) is 6.14. The van der Waals surface area contributed by atoms with Crippen molar-refractivity contribution in [1.82, 2.24) is 9.80 Å². The molecule has 0 heterocycles. The second kappa shape index (κ2) is 22.9. The summed E-state index contributed by atoms with van der Waals surface area (Å²) in [4.78, 5) is 3.04. The summed E-state index contributed by atoms with van der Waals surface area (Å²) >= 11 is 0. The molecule has 174 valence electrons. The van der Waals surface area contributed by atoms with Crippen LogP contribution in [-0.4, -0.2) is 92.1 Å². The molecule has 0 unspecified atom stereocenters. The quantitative estimate of drug-likeness (QED) is 0.107. The summed E-state index contributed by atoms with van der Waals surface area (Å²) in [5.41, 5.74) is 1.42. The zero-order valence-corrected chi connectivity index (χ0v) is 35.1. The molecule has 0 radical (unpaired) electrons. The molecule has 1 rings (SSSR count). The number of hydrogen-bond acceptors (Lipinski definition) is 11. The number of rotatable bonds is 14. The Labute approximate surface area is 373 Å². The molecule has 11 nitrogen and oxygen atoms in total. The average Bonchev–Trinajstić information content (AvgIpc) is 2.59. The van der Waals surface area contributed by atoms with Crippen molar-refractivity contribution in [2.45, 2.75) is 13.1 Å². The van der Waals surface area contributed by atoms with Gasteiger partial charge in [0.2, 0.25) is 0 Å². The van der Waals surface area contributed by atoms with E-state index < -0.39 is 47.6 Å². The minimum Gasteiger partial charge on any atom is -0.748 e. The molecule has 18 heteroatoms. The third kappa shape index (κ3) is 26.3. The Kier molecular flexibility index (Phi) is 31.3. The molecular weight excluding hydrogens is 617 g/mol. The van der Waals surface area contributed by atoms with E-state index in [4.69, 9.17) is 0 Å². The molecule has 0 spiro atoms. The number of nitrogens with zero attached hydrogens (tertiary/aromatic N) is 2. The summed E-state index contributed by atoms with van der Waals surface area (Å²) < 4.78 is 97.8. The van der Waals surface area contributed by atoms with Crippen LogP contribution in [0.1, 0.15) is 11.1 Å². The Morgan fingerprint density at radius 2 is 0.971 bits per heavy atom. The maximum Gasteiger partial charge on any atom is 1.00 e. The van der Waals surface area contributed by atoms with Crippen molar-refractivity contribution in [3.8, 4) is 0 Å². The van der Waals surface area contributed by atoms with Crippen LogP contribution in [0, 0.1) is 6.92 Å². The van der Waals surface area contributed by atoms with Crippen molar-refractivity contribution in [1.29, 1.82) is 0 Å². The fraction of sp³-hybridized carbons (Fsp3) is 0.562. The van der Waals surface area contributed by atoms with Crippen LogP contribution in [0.4, 0.5) is 0 Å². The van der Waals surface area contributed by atoms with Crippen molar-refractivity contribution in [3.05, 3.63) is 42.3 Å². The van der Waals surface area contributed by atoms with Crippen LogP contribution in [0.3, 0.4) is 0 Å². The van der Waals surface area contributed by atoms with Gasteiger partial charge >= 0.3 is 206 Å². The van der Waals surface area contributed by atoms with Crippen LogP contribution in [-0.2, 0) is 43.4 Å². The van der Waals surface area contributed by atoms with E-state index in [2.05, 4.69) is 6.92 Å². The second-order valence-corrected chi connectivity index (χ2v) is 11.2. The molecular formula is C16H24K4N2O9S3. The molecule has 0 atom stereocenters. The van der Waals surface area contributed by atoms with E-state index in [0.29, 0.717) is 12.1 Å². The molecule has 0 aliphatic heterocycles. The van der Waals surface area contributed by atoms with Crippen molar-refractivity contribution in [2.75, 3.05) is 43.4 Å². The van der Waals surface area contributed by atoms with E-state index in [9.17, 15) is 38.9 Å². The van der Waals surface area contributed by atoms with Crippen LogP contribution < -0.4 is 206 Å². The normalized spacial score (nSPS) is 11.7. The van der Waals surface area contributed by atoms with Crippen LogP contribution in [0.2, 0.25) is 0 Å². The largest absolute Gasteiger partial charge is 1.00 e. The maximum atomic E-state index is 10.9. The van der Waals surface area contributed by atoms with Gasteiger partial charge in [-0.2, -0.15) is 0 Å². The molecule has 34 heavy (non-hydrogen) atoms. The smallest absolute Gasteiger partial charge is 0.748 e. The summed E-state index contributed by atoms with van der Waals surface area (Å²) in [5.74, 6) is -2.02. The number of benzene rings is 1. The van der Waals surface area contributed by atoms with Gasteiger partial charge in [0.15, 0.2) is 0 Å². The molecule has 0 amide bonds. The Bertz CT molecular complexity index is 974. The fourth-order valence-corrected chi connectivity index (χ4v) is 4.05. The van der Waals surface area contributed by atoms with Gasteiger partial charge in [0.1, 0.15) is 0 Å². The van der Waals surface area contributed by atoms with Gasteiger partial charge in [-0.15, -0.1) is 6.54 Å². The molecule has 1 aromatic rings. The van der Waals surface area contributed by atoms with Gasteiger partial charge in [0.25, 0.3) is 0 Å². The molecule has 0 fully saturated rings. The molecule has 1 aromatic carbocycles. The van der Waals surface area contributed by atoms with E-state index in [1.54, 1.807) is 29.2 Å². The predicted molar refractivity (Wildman–Crippen MR) is 106 cm³/mol. The first kappa shape index (κ1) is 46.4. The zero-order chi connectivity index (χ0) is 23.0. The summed E-state index contributed by atoms with van der Waals surface area (Å²) in [6.45, 7) is 3.88. The third-order valence-electron chi connectivity index (χ3n) is 4.09. The van der Waals surface area contributed by atoms with E-state index in [1.165, 1.54) is 4.90 Å². The van der Waals surface area contributed by atoms with Gasteiger partial charge in [-0.1, -0.05) is 24.3 Å². The molecule has 0 aromatic heterocycles. The molecule has 0 aliphatic carbocycles. The Morgan fingerprint density at radius 1 is 0.647 bits per heavy atom. The van der Waals surface area contributed by atoms with Gasteiger partial charge < -0.3 is 25.5 Å². The van der Waals surface area contributed by atoms with Gasteiger partial charge in [0.05, 0.1) is 47.6 Å². The van der Waals surface area contributed by atoms with Gasteiger partial charge in [-0.05, 0) is 11.1 Å². The predicted octanol–water partition coefficient (Wildman–Crippen LogP) is -13.2. The van der Waals surface area contributed by atoms with E-state index >= 15 is 0 Å². The van der Waals surface area contributed by atoms with E-state index in [1.807, 2.05) is 0 Å². The first-order chi connectivity index (χ1) is 13.7. The minimum atomic E-state index is -4.52.